The average Bonchev–Trinajstić information content (AvgIpc) is 2.30. The summed E-state index contributed by atoms with van der Waals surface area (Å²) in [7, 11) is 3.72. The number of hydrogen-bond acceptors (Lipinski definition) is 4. The van der Waals surface area contributed by atoms with Gasteiger partial charge in [-0.05, 0) is 20.0 Å². The number of nitro groups is 1. The summed E-state index contributed by atoms with van der Waals surface area (Å²) in [5, 5.41) is 13.3. The van der Waals surface area contributed by atoms with Gasteiger partial charge in [0.1, 0.15) is 5.69 Å². The minimum absolute atomic E-state index is 0.145. The van der Waals surface area contributed by atoms with Crippen LogP contribution in [0.3, 0.4) is 0 Å². The molecule has 0 amide bonds. The van der Waals surface area contributed by atoms with Gasteiger partial charge in [0.05, 0.1) is 17.1 Å². The normalized spacial score (nSPS) is 12.8. The Hall–Kier alpha value is -1.76. The number of benzene rings is 1. The Morgan fingerprint density at radius 2 is 1.80 bits per heavy atom. The van der Waals surface area contributed by atoms with Crippen molar-refractivity contribution < 1.29 is 13.7 Å². The van der Waals surface area contributed by atoms with E-state index in [9.17, 15) is 18.9 Å². The first-order valence-corrected chi connectivity index (χ1v) is 6.27. The molecule has 5 nitrogen and oxygen atoms in total. The Morgan fingerprint density at radius 1 is 1.30 bits per heavy atom. The average molecular weight is 287 g/mol. The van der Waals surface area contributed by atoms with Crippen LogP contribution in [0.1, 0.15) is 13.8 Å². The van der Waals surface area contributed by atoms with Crippen LogP contribution in [0.15, 0.2) is 12.1 Å². The van der Waals surface area contributed by atoms with Crippen molar-refractivity contribution in [3.05, 3.63) is 33.9 Å². The molecule has 0 aliphatic rings. The molecule has 0 fully saturated rings. The molecular formula is C13H19F2N3O2. The van der Waals surface area contributed by atoms with Gasteiger partial charge in [0.2, 0.25) is 0 Å². The van der Waals surface area contributed by atoms with Crippen LogP contribution in [0.5, 0.6) is 0 Å². The van der Waals surface area contributed by atoms with Crippen LogP contribution in [-0.2, 0) is 0 Å². The third kappa shape index (κ3) is 4.12. The van der Waals surface area contributed by atoms with E-state index in [2.05, 4.69) is 5.32 Å². The summed E-state index contributed by atoms with van der Waals surface area (Å²) in [6.07, 6.45) is 0. The van der Waals surface area contributed by atoms with E-state index in [-0.39, 0.29) is 17.6 Å². The second kappa shape index (κ2) is 6.60. The Labute approximate surface area is 116 Å². The van der Waals surface area contributed by atoms with Crippen molar-refractivity contribution >= 4 is 11.4 Å². The van der Waals surface area contributed by atoms with Crippen molar-refractivity contribution in [2.45, 2.75) is 19.9 Å². The highest BCUT2D eigenvalue weighted by molar-refractivity contribution is 5.52. The van der Waals surface area contributed by atoms with E-state index in [4.69, 9.17) is 0 Å². The lowest BCUT2D eigenvalue weighted by atomic mass is 10.0. The second-order valence-electron chi connectivity index (χ2n) is 5.30. The Morgan fingerprint density at radius 3 is 2.15 bits per heavy atom. The van der Waals surface area contributed by atoms with E-state index >= 15 is 0 Å². The van der Waals surface area contributed by atoms with Gasteiger partial charge in [0.15, 0.2) is 11.6 Å². The highest BCUT2D eigenvalue weighted by Crippen LogP contribution is 2.26. The maximum absolute atomic E-state index is 13.8. The molecule has 0 saturated heterocycles. The first kappa shape index (κ1) is 16.3. The van der Waals surface area contributed by atoms with Gasteiger partial charge < -0.3 is 10.2 Å². The number of nitrogens with one attached hydrogen (secondary N) is 1. The van der Waals surface area contributed by atoms with Gasteiger partial charge in [-0.15, -0.1) is 0 Å². The maximum Gasteiger partial charge on any atom is 0.275 e. The standard InChI is InChI=1S/C13H19F2N3O2/c1-8(2)12(7-17(3)4)16-13-10(14)5-9(18(19)20)6-11(13)15/h5-6,8,12,16H,7H2,1-4H3. The third-order valence-electron chi connectivity index (χ3n) is 2.93. The van der Waals surface area contributed by atoms with E-state index in [1.807, 2.05) is 32.8 Å². The van der Waals surface area contributed by atoms with Crippen molar-refractivity contribution in [3.8, 4) is 0 Å². The van der Waals surface area contributed by atoms with Crippen LogP contribution in [0.4, 0.5) is 20.2 Å². The van der Waals surface area contributed by atoms with E-state index in [0.717, 1.165) is 12.1 Å². The fraction of sp³-hybridized carbons (Fsp3) is 0.538. The van der Waals surface area contributed by atoms with Crippen molar-refractivity contribution in [1.29, 1.82) is 0 Å². The lowest BCUT2D eigenvalue weighted by Crippen LogP contribution is -2.37. The topological polar surface area (TPSA) is 58.4 Å². The van der Waals surface area contributed by atoms with E-state index in [1.54, 1.807) is 0 Å². The van der Waals surface area contributed by atoms with Crippen LogP contribution < -0.4 is 5.32 Å². The number of non-ortho nitro benzene ring substituents is 1. The molecule has 112 valence electrons. The van der Waals surface area contributed by atoms with E-state index in [0.29, 0.717) is 6.54 Å². The zero-order valence-electron chi connectivity index (χ0n) is 12.0. The quantitative estimate of drug-likeness (QED) is 0.645. The highest BCUT2D eigenvalue weighted by Gasteiger charge is 2.21. The smallest absolute Gasteiger partial charge is 0.275 e. The van der Waals surface area contributed by atoms with E-state index in [1.165, 1.54) is 0 Å². The van der Waals surface area contributed by atoms with Gasteiger partial charge >= 0.3 is 0 Å². The largest absolute Gasteiger partial charge is 0.376 e. The van der Waals surface area contributed by atoms with Crippen LogP contribution in [-0.4, -0.2) is 36.5 Å². The van der Waals surface area contributed by atoms with Gasteiger partial charge in [-0.2, -0.15) is 0 Å². The lowest BCUT2D eigenvalue weighted by molar-refractivity contribution is -0.385. The van der Waals surface area contributed by atoms with Crippen LogP contribution in [0.25, 0.3) is 0 Å². The zero-order chi connectivity index (χ0) is 15.4. The maximum atomic E-state index is 13.8. The Kier molecular flexibility index (Phi) is 5.38. The summed E-state index contributed by atoms with van der Waals surface area (Å²) in [6, 6.07) is 1.27. The lowest BCUT2D eigenvalue weighted by Gasteiger charge is -2.26. The minimum atomic E-state index is -0.957. The first-order valence-electron chi connectivity index (χ1n) is 6.27. The number of rotatable bonds is 6. The number of nitro benzene ring substituents is 1. The Balaban J connectivity index is 3.04. The molecule has 0 bridgehead atoms. The van der Waals surface area contributed by atoms with E-state index < -0.39 is 22.2 Å². The molecule has 1 unspecified atom stereocenters. The molecule has 20 heavy (non-hydrogen) atoms. The van der Waals surface area contributed by atoms with Crippen molar-refractivity contribution in [2.75, 3.05) is 26.0 Å². The van der Waals surface area contributed by atoms with Crippen LogP contribution in [0, 0.1) is 27.7 Å². The summed E-state index contributed by atoms with van der Waals surface area (Å²) in [4.78, 5) is 11.6. The first-order chi connectivity index (χ1) is 9.22. The molecule has 1 N–H and O–H groups in total. The minimum Gasteiger partial charge on any atom is -0.376 e. The monoisotopic (exact) mass is 287 g/mol. The second-order valence-corrected chi connectivity index (χ2v) is 5.30. The Bertz CT molecular complexity index is 469. The van der Waals surface area contributed by atoms with Gasteiger partial charge in [0.25, 0.3) is 5.69 Å². The molecular weight excluding hydrogens is 268 g/mol. The van der Waals surface area contributed by atoms with Gasteiger partial charge in [0, 0.05) is 12.6 Å². The van der Waals surface area contributed by atoms with Crippen LogP contribution >= 0.6 is 0 Å². The molecule has 0 aromatic heterocycles. The summed E-state index contributed by atoms with van der Waals surface area (Å²) >= 11 is 0. The van der Waals surface area contributed by atoms with Crippen LogP contribution in [0.2, 0.25) is 0 Å². The zero-order valence-corrected chi connectivity index (χ0v) is 12.0. The molecule has 0 aliphatic heterocycles. The number of anilines is 1. The summed E-state index contributed by atoms with van der Waals surface area (Å²) in [6.45, 7) is 4.46. The number of halogens is 2. The third-order valence-corrected chi connectivity index (χ3v) is 2.93. The van der Waals surface area contributed by atoms with Crippen molar-refractivity contribution in [3.63, 3.8) is 0 Å². The molecule has 0 aliphatic carbocycles. The molecule has 0 spiro atoms. The number of nitrogens with zero attached hydrogens (tertiary/aromatic N) is 2. The molecule has 0 radical (unpaired) electrons. The summed E-state index contributed by atoms with van der Waals surface area (Å²) in [5.74, 6) is -1.77. The highest BCUT2D eigenvalue weighted by atomic mass is 19.1. The predicted molar refractivity (Wildman–Crippen MR) is 73.8 cm³/mol. The van der Waals surface area contributed by atoms with Crippen molar-refractivity contribution in [2.24, 2.45) is 5.92 Å². The van der Waals surface area contributed by atoms with Crippen molar-refractivity contribution in [1.82, 2.24) is 4.90 Å². The summed E-state index contributed by atoms with van der Waals surface area (Å²) < 4.78 is 27.6. The molecule has 7 heteroatoms. The number of likely N-dealkylation sites (N-methyl/N-ethyl adjacent to an activating group) is 1. The fourth-order valence-corrected chi connectivity index (χ4v) is 1.80. The molecule has 0 heterocycles. The van der Waals surface area contributed by atoms with Gasteiger partial charge in [-0.1, -0.05) is 13.8 Å². The van der Waals surface area contributed by atoms with Gasteiger partial charge in [-0.3, -0.25) is 10.1 Å². The predicted octanol–water partition coefficient (Wildman–Crippen LogP) is 2.87. The van der Waals surface area contributed by atoms with Gasteiger partial charge in [-0.25, -0.2) is 8.78 Å². The SMILES string of the molecule is CC(C)C(CN(C)C)Nc1c(F)cc([N+](=O)[O-])cc1F. The molecule has 1 aromatic carbocycles. The summed E-state index contributed by atoms with van der Waals surface area (Å²) in [5.41, 5.74) is -0.921. The molecule has 1 aromatic rings. The molecule has 0 saturated carbocycles. The molecule has 1 rings (SSSR count). The molecule has 1 atom stereocenters. The number of hydrogen-bond donors (Lipinski definition) is 1. The fourth-order valence-electron chi connectivity index (χ4n) is 1.80.